The van der Waals surface area contributed by atoms with E-state index in [1.165, 1.54) is 5.57 Å². The van der Waals surface area contributed by atoms with Gasteiger partial charge in [0.2, 0.25) is 0 Å². The van der Waals surface area contributed by atoms with E-state index < -0.39 is 0 Å². The molecule has 0 heterocycles. The third-order valence-electron chi connectivity index (χ3n) is 4.65. The molecule has 2 aliphatic carbocycles. The minimum Gasteiger partial charge on any atom is -0.392 e. The molecule has 1 saturated carbocycles. The van der Waals surface area contributed by atoms with Gasteiger partial charge in [0.25, 0.3) is 0 Å². The molecule has 0 radical (unpaired) electrons. The highest BCUT2D eigenvalue weighted by atomic mass is 16.3. The molecule has 0 unspecified atom stereocenters. The summed E-state index contributed by atoms with van der Waals surface area (Å²) in [6.45, 7) is 6.18. The van der Waals surface area contributed by atoms with Gasteiger partial charge in [0, 0.05) is 5.41 Å². The summed E-state index contributed by atoms with van der Waals surface area (Å²) in [7, 11) is 0. The summed E-state index contributed by atoms with van der Waals surface area (Å²) in [5.74, 6) is 0.213. The van der Waals surface area contributed by atoms with E-state index in [1.54, 1.807) is 0 Å². The predicted molar refractivity (Wildman–Crippen MR) is 73.3 cm³/mol. The highest BCUT2D eigenvalue weighted by Gasteiger charge is 2.45. The van der Waals surface area contributed by atoms with E-state index >= 15 is 0 Å². The lowest BCUT2D eigenvalue weighted by atomic mass is 9.61. The lowest BCUT2D eigenvalue weighted by molar-refractivity contribution is -0.113. The van der Waals surface area contributed by atoms with Crippen LogP contribution in [0.15, 0.2) is 22.8 Å². The zero-order chi connectivity index (χ0) is 13.3. The van der Waals surface area contributed by atoms with Gasteiger partial charge in [-0.2, -0.15) is 0 Å². The molecule has 0 aromatic heterocycles. The molecule has 100 valence electrons. The maximum Gasteiger partial charge on any atom is 0.184 e. The van der Waals surface area contributed by atoms with Crippen LogP contribution >= 0.6 is 0 Å². The van der Waals surface area contributed by atoms with Crippen molar-refractivity contribution >= 4 is 5.78 Å². The molecule has 0 aliphatic heterocycles. The van der Waals surface area contributed by atoms with Crippen LogP contribution in [0.3, 0.4) is 0 Å². The van der Waals surface area contributed by atoms with Crippen LogP contribution in [0.1, 0.15) is 59.3 Å². The first-order valence-corrected chi connectivity index (χ1v) is 7.12. The van der Waals surface area contributed by atoms with Gasteiger partial charge in [-0.15, -0.1) is 0 Å². The summed E-state index contributed by atoms with van der Waals surface area (Å²) in [4.78, 5) is 12.3. The Morgan fingerprint density at radius 1 is 1.50 bits per heavy atom. The van der Waals surface area contributed by atoms with Crippen LogP contribution in [0.25, 0.3) is 0 Å². The summed E-state index contributed by atoms with van der Waals surface area (Å²) in [6.07, 6.45) is 7.37. The third kappa shape index (κ3) is 2.07. The normalized spacial score (nSPS) is 35.0. The van der Waals surface area contributed by atoms with Crippen molar-refractivity contribution in [2.24, 2.45) is 5.41 Å². The average Bonchev–Trinajstić information content (AvgIpc) is 2.35. The van der Waals surface area contributed by atoms with Gasteiger partial charge in [0.15, 0.2) is 5.78 Å². The van der Waals surface area contributed by atoms with Crippen LogP contribution in [0.4, 0.5) is 0 Å². The van der Waals surface area contributed by atoms with Crippen LogP contribution in [0, 0.1) is 5.41 Å². The zero-order valence-corrected chi connectivity index (χ0v) is 11.8. The van der Waals surface area contributed by atoms with E-state index in [0.717, 1.165) is 49.7 Å². The van der Waals surface area contributed by atoms with Gasteiger partial charge in [-0.3, -0.25) is 4.79 Å². The number of rotatable bonds is 2. The van der Waals surface area contributed by atoms with Gasteiger partial charge in [0.05, 0.1) is 6.10 Å². The molecule has 2 atom stereocenters. The number of unbranched alkanes of at least 4 members (excludes halogenated alkanes) is 1. The molecule has 2 aliphatic rings. The molecule has 0 bridgehead atoms. The van der Waals surface area contributed by atoms with E-state index in [-0.39, 0.29) is 17.3 Å². The molecular weight excluding hydrogens is 224 g/mol. The number of Topliss-reactive ketones (excluding diaryl/α,β-unsaturated/α-hetero) is 1. The van der Waals surface area contributed by atoms with Crippen molar-refractivity contribution in [2.45, 2.75) is 65.4 Å². The van der Waals surface area contributed by atoms with Gasteiger partial charge < -0.3 is 5.11 Å². The SMILES string of the molecule is CCC/C=C1/C[C@@]2(C)C(=C(C)C1=O)CCC[C@@H]2O. The standard InChI is InChI=1S/C16H24O2/c1-4-5-7-12-10-16(3)13(11(2)15(12)18)8-6-9-14(16)17/h7,14,17H,4-6,8-10H2,1-3H3/b12-7-/t14-,16-/m0/s1. The Kier molecular flexibility index (Phi) is 3.76. The number of aliphatic hydroxyl groups is 1. The maximum atomic E-state index is 12.3. The first kappa shape index (κ1) is 13.5. The van der Waals surface area contributed by atoms with E-state index in [1.807, 2.05) is 6.92 Å². The second kappa shape index (κ2) is 5.00. The van der Waals surface area contributed by atoms with Gasteiger partial charge in [-0.1, -0.05) is 31.9 Å². The predicted octanol–water partition coefficient (Wildman–Crippen LogP) is 3.55. The highest BCUT2D eigenvalue weighted by Crippen LogP contribution is 2.50. The zero-order valence-electron chi connectivity index (χ0n) is 11.8. The molecule has 0 saturated heterocycles. The third-order valence-corrected chi connectivity index (χ3v) is 4.65. The van der Waals surface area contributed by atoms with Crippen molar-refractivity contribution in [1.29, 1.82) is 0 Å². The fourth-order valence-electron chi connectivity index (χ4n) is 3.45. The van der Waals surface area contributed by atoms with Crippen LogP contribution in [0.2, 0.25) is 0 Å². The number of aliphatic hydroxyl groups excluding tert-OH is 1. The Labute approximate surface area is 110 Å². The second-order valence-electron chi connectivity index (χ2n) is 5.95. The number of hydrogen-bond donors (Lipinski definition) is 1. The molecule has 2 rings (SSSR count). The summed E-state index contributed by atoms with van der Waals surface area (Å²) in [6, 6.07) is 0. The van der Waals surface area contributed by atoms with Crippen molar-refractivity contribution in [1.82, 2.24) is 0 Å². The lowest BCUT2D eigenvalue weighted by Crippen LogP contribution is -2.42. The molecule has 2 nitrogen and oxygen atoms in total. The minimum absolute atomic E-state index is 0.199. The van der Waals surface area contributed by atoms with Crippen LogP contribution in [0.5, 0.6) is 0 Å². The quantitative estimate of drug-likeness (QED) is 0.759. The number of hydrogen-bond acceptors (Lipinski definition) is 2. The van der Waals surface area contributed by atoms with Crippen molar-refractivity contribution in [2.75, 3.05) is 0 Å². The fourth-order valence-corrected chi connectivity index (χ4v) is 3.45. The molecule has 2 heteroatoms. The summed E-state index contributed by atoms with van der Waals surface area (Å²) in [5, 5.41) is 10.3. The second-order valence-corrected chi connectivity index (χ2v) is 5.95. The maximum absolute atomic E-state index is 12.3. The summed E-state index contributed by atoms with van der Waals surface area (Å²) >= 11 is 0. The Morgan fingerprint density at radius 2 is 2.22 bits per heavy atom. The molecule has 0 amide bonds. The Bertz CT molecular complexity index is 417. The van der Waals surface area contributed by atoms with Gasteiger partial charge in [0.1, 0.15) is 0 Å². The van der Waals surface area contributed by atoms with Crippen molar-refractivity contribution in [3.05, 3.63) is 22.8 Å². The van der Waals surface area contributed by atoms with Gasteiger partial charge in [-0.05, 0) is 50.2 Å². The van der Waals surface area contributed by atoms with Crippen LogP contribution in [-0.4, -0.2) is 17.0 Å². The first-order valence-electron chi connectivity index (χ1n) is 7.12. The van der Waals surface area contributed by atoms with Crippen molar-refractivity contribution in [3.8, 4) is 0 Å². The first-order chi connectivity index (χ1) is 8.50. The van der Waals surface area contributed by atoms with Crippen LogP contribution in [-0.2, 0) is 4.79 Å². The number of allylic oxidation sites excluding steroid dienone is 3. The topological polar surface area (TPSA) is 37.3 Å². The largest absolute Gasteiger partial charge is 0.392 e. The molecule has 0 aromatic carbocycles. The van der Waals surface area contributed by atoms with Crippen molar-refractivity contribution < 1.29 is 9.90 Å². The lowest BCUT2D eigenvalue weighted by Gasteiger charge is -2.45. The van der Waals surface area contributed by atoms with Crippen LogP contribution < -0.4 is 0 Å². The molecule has 0 aromatic rings. The molecule has 1 N–H and O–H groups in total. The number of ketones is 1. The van der Waals surface area contributed by atoms with Gasteiger partial charge in [-0.25, -0.2) is 0 Å². The average molecular weight is 248 g/mol. The van der Waals surface area contributed by atoms with E-state index in [2.05, 4.69) is 19.9 Å². The Hall–Kier alpha value is -0.890. The van der Waals surface area contributed by atoms with E-state index in [9.17, 15) is 9.90 Å². The Morgan fingerprint density at radius 3 is 2.89 bits per heavy atom. The van der Waals surface area contributed by atoms with Gasteiger partial charge >= 0.3 is 0 Å². The molecule has 1 fully saturated rings. The summed E-state index contributed by atoms with van der Waals surface area (Å²) in [5.41, 5.74) is 2.82. The van der Waals surface area contributed by atoms with Crippen molar-refractivity contribution in [3.63, 3.8) is 0 Å². The molecular formula is C16H24O2. The number of fused-ring (bicyclic) bond motifs is 1. The molecule has 0 spiro atoms. The fraction of sp³-hybridized carbons (Fsp3) is 0.688. The van der Waals surface area contributed by atoms with E-state index in [0.29, 0.717) is 0 Å². The minimum atomic E-state index is -0.297. The smallest absolute Gasteiger partial charge is 0.184 e. The highest BCUT2D eigenvalue weighted by molar-refractivity contribution is 6.09. The summed E-state index contributed by atoms with van der Waals surface area (Å²) < 4.78 is 0. The number of carbonyl (C=O) groups excluding carboxylic acids is 1. The Balaban J connectivity index is 2.42. The monoisotopic (exact) mass is 248 g/mol. The number of carbonyl (C=O) groups is 1. The van der Waals surface area contributed by atoms with E-state index in [4.69, 9.17) is 0 Å². The molecule has 18 heavy (non-hydrogen) atoms.